The lowest BCUT2D eigenvalue weighted by Crippen LogP contribution is -2.11. The van der Waals surface area contributed by atoms with Gasteiger partial charge in [0.25, 0.3) is 0 Å². The van der Waals surface area contributed by atoms with Gasteiger partial charge in [-0.15, -0.1) is 0 Å². The molecule has 0 fully saturated rings. The second-order valence-corrected chi connectivity index (χ2v) is 2.69. The van der Waals surface area contributed by atoms with Crippen molar-refractivity contribution in [3.63, 3.8) is 0 Å². The summed E-state index contributed by atoms with van der Waals surface area (Å²) < 4.78 is 5.09. The highest BCUT2D eigenvalue weighted by molar-refractivity contribution is 5.94. The molecule has 0 aliphatic heterocycles. The van der Waals surface area contributed by atoms with Crippen molar-refractivity contribution in [2.45, 2.75) is 0 Å². The third kappa shape index (κ3) is 2.37. The fourth-order valence-electron chi connectivity index (χ4n) is 0.989. The normalized spacial score (nSPS) is 9.79. The van der Waals surface area contributed by atoms with Gasteiger partial charge in [0.15, 0.2) is 0 Å². The first-order valence-electron chi connectivity index (χ1n) is 4.08. The third-order valence-corrected chi connectivity index (χ3v) is 1.64. The van der Waals surface area contributed by atoms with E-state index in [1.165, 1.54) is 12.1 Å². The summed E-state index contributed by atoms with van der Waals surface area (Å²) >= 11 is 0. The fourth-order valence-corrected chi connectivity index (χ4v) is 0.989. The average Bonchev–Trinajstić information content (AvgIpc) is 2.15. The van der Waals surface area contributed by atoms with Gasteiger partial charge in [0.1, 0.15) is 12.4 Å². The van der Waals surface area contributed by atoms with Crippen LogP contribution < -0.4 is 16.2 Å². The monoisotopic (exact) mass is 196 g/mol. The van der Waals surface area contributed by atoms with Gasteiger partial charge in [-0.05, 0) is 18.2 Å². The molecule has 0 bridgehead atoms. The molecule has 0 unspecified atom stereocenters. The lowest BCUT2D eigenvalue weighted by molar-refractivity contribution is 0.1000. The minimum atomic E-state index is -0.537. The van der Waals surface area contributed by atoms with Crippen molar-refractivity contribution in [1.29, 1.82) is 0 Å². The molecule has 14 heavy (non-hydrogen) atoms. The zero-order chi connectivity index (χ0) is 10.6. The van der Waals surface area contributed by atoms with Crippen LogP contribution >= 0.6 is 0 Å². The number of aliphatic hydroxyl groups is 1. The summed E-state index contributed by atoms with van der Waals surface area (Å²) in [6.07, 6.45) is 0. The molecule has 5 heteroatoms. The van der Waals surface area contributed by atoms with Crippen molar-refractivity contribution < 1.29 is 14.6 Å². The number of carbonyl (C=O) groups is 1. The van der Waals surface area contributed by atoms with Crippen LogP contribution in [0.5, 0.6) is 5.75 Å². The summed E-state index contributed by atoms with van der Waals surface area (Å²) in [7, 11) is 0. The molecule has 1 aromatic rings. The topological polar surface area (TPSA) is 98.6 Å². The van der Waals surface area contributed by atoms with E-state index in [0.29, 0.717) is 17.0 Å². The van der Waals surface area contributed by atoms with E-state index in [1.807, 2.05) is 0 Å². The molecule has 0 atom stereocenters. The van der Waals surface area contributed by atoms with Gasteiger partial charge < -0.3 is 21.3 Å². The first kappa shape index (κ1) is 10.3. The van der Waals surface area contributed by atoms with Gasteiger partial charge in [-0.25, -0.2) is 0 Å². The SMILES string of the molecule is NC(=O)c1ccc(OCCO)c(N)c1. The number of benzene rings is 1. The highest BCUT2D eigenvalue weighted by Gasteiger charge is 2.04. The number of rotatable bonds is 4. The minimum Gasteiger partial charge on any atom is -0.489 e. The molecule has 5 nitrogen and oxygen atoms in total. The first-order valence-corrected chi connectivity index (χ1v) is 4.08. The average molecular weight is 196 g/mol. The van der Waals surface area contributed by atoms with E-state index < -0.39 is 5.91 Å². The molecular weight excluding hydrogens is 184 g/mol. The Bertz CT molecular complexity index is 339. The Kier molecular flexibility index (Phi) is 3.30. The number of primary amides is 1. The van der Waals surface area contributed by atoms with Crippen LogP contribution in [-0.4, -0.2) is 24.2 Å². The molecular formula is C9H12N2O3. The number of carbonyl (C=O) groups excluding carboxylic acids is 1. The Hall–Kier alpha value is -1.75. The molecule has 76 valence electrons. The minimum absolute atomic E-state index is 0.0863. The zero-order valence-corrected chi connectivity index (χ0v) is 7.56. The molecule has 1 amide bonds. The number of amides is 1. The Balaban J connectivity index is 2.84. The van der Waals surface area contributed by atoms with E-state index in [1.54, 1.807) is 6.07 Å². The largest absolute Gasteiger partial charge is 0.489 e. The second kappa shape index (κ2) is 4.48. The maximum absolute atomic E-state index is 10.8. The highest BCUT2D eigenvalue weighted by atomic mass is 16.5. The van der Waals surface area contributed by atoms with Gasteiger partial charge in [0.05, 0.1) is 12.3 Å². The van der Waals surface area contributed by atoms with E-state index in [0.717, 1.165) is 0 Å². The predicted octanol–water partition coefficient (Wildman–Crippen LogP) is -0.261. The van der Waals surface area contributed by atoms with Crippen LogP contribution in [0.1, 0.15) is 10.4 Å². The Morgan fingerprint density at radius 2 is 2.21 bits per heavy atom. The maximum atomic E-state index is 10.8. The van der Waals surface area contributed by atoms with Gasteiger partial charge in [-0.3, -0.25) is 4.79 Å². The van der Waals surface area contributed by atoms with Crippen molar-refractivity contribution in [3.8, 4) is 5.75 Å². The summed E-state index contributed by atoms with van der Waals surface area (Å²) in [5, 5.41) is 8.52. The molecule has 5 N–H and O–H groups in total. The molecule has 0 aromatic heterocycles. The van der Waals surface area contributed by atoms with Crippen molar-refractivity contribution in [1.82, 2.24) is 0 Å². The standard InChI is InChI=1S/C9H12N2O3/c10-7-5-6(9(11)13)1-2-8(7)14-4-3-12/h1-2,5,12H,3-4,10H2,(H2,11,13). The van der Waals surface area contributed by atoms with Crippen LogP contribution in [0.15, 0.2) is 18.2 Å². The molecule has 0 aliphatic rings. The summed E-state index contributed by atoms with van der Waals surface area (Å²) in [4.78, 5) is 10.8. The number of ether oxygens (including phenoxy) is 1. The van der Waals surface area contributed by atoms with Crippen molar-refractivity contribution in [2.75, 3.05) is 18.9 Å². The van der Waals surface area contributed by atoms with Crippen LogP contribution in [0.25, 0.3) is 0 Å². The van der Waals surface area contributed by atoms with Crippen LogP contribution in [0.4, 0.5) is 5.69 Å². The van der Waals surface area contributed by atoms with Gasteiger partial charge in [-0.1, -0.05) is 0 Å². The number of aliphatic hydroxyl groups excluding tert-OH is 1. The maximum Gasteiger partial charge on any atom is 0.248 e. The van der Waals surface area contributed by atoms with Gasteiger partial charge in [0.2, 0.25) is 5.91 Å². The van der Waals surface area contributed by atoms with Crippen molar-refractivity contribution in [2.24, 2.45) is 5.73 Å². The van der Waals surface area contributed by atoms with Crippen LogP contribution in [0.3, 0.4) is 0 Å². The summed E-state index contributed by atoms with van der Waals surface area (Å²) in [5.74, 6) is -0.102. The lowest BCUT2D eigenvalue weighted by atomic mass is 10.2. The van der Waals surface area contributed by atoms with E-state index in [-0.39, 0.29) is 13.2 Å². The van der Waals surface area contributed by atoms with Crippen molar-refractivity contribution >= 4 is 11.6 Å². The van der Waals surface area contributed by atoms with Gasteiger partial charge in [0, 0.05) is 5.56 Å². The molecule has 0 spiro atoms. The quantitative estimate of drug-likeness (QED) is 0.578. The fraction of sp³-hybridized carbons (Fsp3) is 0.222. The summed E-state index contributed by atoms with van der Waals surface area (Å²) in [5.41, 5.74) is 11.3. The smallest absolute Gasteiger partial charge is 0.248 e. The predicted molar refractivity (Wildman–Crippen MR) is 52.0 cm³/mol. The van der Waals surface area contributed by atoms with Crippen LogP contribution in [0.2, 0.25) is 0 Å². The van der Waals surface area contributed by atoms with Crippen molar-refractivity contribution in [3.05, 3.63) is 23.8 Å². The molecule has 0 saturated carbocycles. The molecule has 0 radical (unpaired) electrons. The summed E-state index contributed by atoms with van der Waals surface area (Å²) in [6, 6.07) is 4.51. The van der Waals surface area contributed by atoms with Gasteiger partial charge >= 0.3 is 0 Å². The third-order valence-electron chi connectivity index (χ3n) is 1.64. The highest BCUT2D eigenvalue weighted by Crippen LogP contribution is 2.21. The second-order valence-electron chi connectivity index (χ2n) is 2.69. The number of hydrogen-bond acceptors (Lipinski definition) is 4. The number of nitrogens with two attached hydrogens (primary N) is 2. The zero-order valence-electron chi connectivity index (χ0n) is 7.56. The van der Waals surface area contributed by atoms with E-state index >= 15 is 0 Å². The van der Waals surface area contributed by atoms with E-state index in [2.05, 4.69) is 0 Å². The lowest BCUT2D eigenvalue weighted by Gasteiger charge is -2.07. The van der Waals surface area contributed by atoms with Crippen LogP contribution in [0, 0.1) is 0 Å². The molecule has 0 aliphatic carbocycles. The van der Waals surface area contributed by atoms with E-state index in [4.69, 9.17) is 21.3 Å². The molecule has 1 aromatic carbocycles. The molecule has 1 rings (SSSR count). The Labute approximate surface area is 81.3 Å². The van der Waals surface area contributed by atoms with Crippen LogP contribution in [-0.2, 0) is 0 Å². The number of nitrogen functional groups attached to an aromatic ring is 1. The first-order chi connectivity index (χ1) is 6.65. The van der Waals surface area contributed by atoms with Gasteiger partial charge in [-0.2, -0.15) is 0 Å². The number of anilines is 1. The molecule has 0 saturated heterocycles. The Morgan fingerprint density at radius 3 is 2.71 bits per heavy atom. The van der Waals surface area contributed by atoms with E-state index in [9.17, 15) is 4.79 Å². The number of hydrogen-bond donors (Lipinski definition) is 3. The molecule has 0 heterocycles. The Morgan fingerprint density at radius 1 is 1.50 bits per heavy atom. The summed E-state index contributed by atoms with van der Waals surface area (Å²) in [6.45, 7) is 0.0805.